The van der Waals surface area contributed by atoms with E-state index in [-0.39, 0.29) is 17.3 Å². The highest BCUT2D eigenvalue weighted by molar-refractivity contribution is 6.20. The van der Waals surface area contributed by atoms with E-state index in [0.29, 0.717) is 5.69 Å². The van der Waals surface area contributed by atoms with E-state index in [9.17, 15) is 4.79 Å². The zero-order chi connectivity index (χ0) is 13.0. The lowest BCUT2D eigenvalue weighted by atomic mass is 10.2. The molecular formula is C12H20ClN3O. The van der Waals surface area contributed by atoms with Crippen molar-refractivity contribution in [3.05, 3.63) is 17.5 Å². The molecule has 1 rings (SSSR count). The van der Waals surface area contributed by atoms with Crippen LogP contribution in [-0.4, -0.2) is 27.1 Å². The van der Waals surface area contributed by atoms with Gasteiger partial charge in [0.25, 0.3) is 5.91 Å². The summed E-state index contributed by atoms with van der Waals surface area (Å²) in [5, 5.41) is 7.23. The summed E-state index contributed by atoms with van der Waals surface area (Å²) < 4.78 is 1.62. The highest BCUT2D eigenvalue weighted by atomic mass is 35.5. The van der Waals surface area contributed by atoms with Crippen molar-refractivity contribution >= 4 is 17.5 Å². The Kier molecular flexibility index (Phi) is 5.00. The molecule has 4 nitrogen and oxygen atoms in total. The Bertz CT molecular complexity index is 387. The fraction of sp³-hybridized carbons (Fsp3) is 0.667. The smallest absolute Gasteiger partial charge is 0.269 e. The normalized spacial score (nSPS) is 14.4. The van der Waals surface area contributed by atoms with Crippen LogP contribution in [0.2, 0.25) is 0 Å². The summed E-state index contributed by atoms with van der Waals surface area (Å²) in [4.78, 5) is 12.0. The number of aryl methyl sites for hydroxylation is 2. The minimum atomic E-state index is -0.0930. The van der Waals surface area contributed by atoms with E-state index in [0.717, 1.165) is 18.5 Å². The molecule has 1 amide bonds. The maximum atomic E-state index is 12.0. The first-order valence-electron chi connectivity index (χ1n) is 5.91. The van der Waals surface area contributed by atoms with Gasteiger partial charge in [-0.25, -0.2) is 0 Å². The first-order valence-corrected chi connectivity index (χ1v) is 6.35. The molecule has 0 aromatic carbocycles. The molecule has 0 radical (unpaired) electrons. The van der Waals surface area contributed by atoms with Crippen LogP contribution in [0.15, 0.2) is 6.07 Å². The Hall–Kier alpha value is -1.03. The fourth-order valence-electron chi connectivity index (χ4n) is 1.76. The van der Waals surface area contributed by atoms with Gasteiger partial charge in [-0.05, 0) is 32.8 Å². The summed E-state index contributed by atoms with van der Waals surface area (Å²) in [7, 11) is 1.78. The van der Waals surface area contributed by atoms with Crippen LogP contribution in [0.1, 0.15) is 43.4 Å². The van der Waals surface area contributed by atoms with Gasteiger partial charge in [0, 0.05) is 18.5 Å². The Morgan fingerprint density at radius 2 is 2.24 bits per heavy atom. The molecule has 0 spiro atoms. The number of halogens is 1. The van der Waals surface area contributed by atoms with Crippen LogP contribution in [0.5, 0.6) is 0 Å². The Morgan fingerprint density at radius 1 is 1.59 bits per heavy atom. The molecule has 0 aliphatic heterocycles. The zero-order valence-corrected chi connectivity index (χ0v) is 11.6. The molecule has 2 unspecified atom stereocenters. The largest absolute Gasteiger partial charge is 0.348 e. The second-order valence-electron chi connectivity index (χ2n) is 4.39. The molecule has 0 saturated carbocycles. The van der Waals surface area contributed by atoms with Gasteiger partial charge >= 0.3 is 0 Å². The minimum absolute atomic E-state index is 0.0584. The lowest BCUT2D eigenvalue weighted by Gasteiger charge is -2.14. The molecule has 0 fully saturated rings. The van der Waals surface area contributed by atoms with Crippen LogP contribution in [0, 0.1) is 0 Å². The van der Waals surface area contributed by atoms with Crippen molar-refractivity contribution in [3.63, 3.8) is 0 Å². The number of carbonyl (C=O) groups excluding carboxylic acids is 1. The average molecular weight is 258 g/mol. The molecule has 0 aliphatic rings. The maximum absolute atomic E-state index is 12.0. The van der Waals surface area contributed by atoms with Crippen LogP contribution < -0.4 is 5.32 Å². The second kappa shape index (κ2) is 6.05. The van der Waals surface area contributed by atoms with Gasteiger partial charge in [0.1, 0.15) is 5.69 Å². The third-order valence-electron chi connectivity index (χ3n) is 2.58. The second-order valence-corrected chi connectivity index (χ2v) is 5.13. The van der Waals surface area contributed by atoms with E-state index in [2.05, 4.69) is 10.4 Å². The van der Waals surface area contributed by atoms with Gasteiger partial charge < -0.3 is 5.32 Å². The van der Waals surface area contributed by atoms with E-state index in [4.69, 9.17) is 11.6 Å². The third-order valence-corrected chi connectivity index (χ3v) is 2.76. The van der Waals surface area contributed by atoms with Crippen LogP contribution in [-0.2, 0) is 13.5 Å². The molecule has 1 aromatic rings. The minimum Gasteiger partial charge on any atom is -0.348 e. The van der Waals surface area contributed by atoms with Crippen LogP contribution in [0.25, 0.3) is 0 Å². The highest BCUT2D eigenvalue weighted by Gasteiger charge is 2.15. The predicted molar refractivity (Wildman–Crippen MR) is 69.4 cm³/mol. The molecular weight excluding hydrogens is 238 g/mol. The third kappa shape index (κ3) is 4.04. The van der Waals surface area contributed by atoms with Crippen LogP contribution in [0.4, 0.5) is 0 Å². The van der Waals surface area contributed by atoms with Crippen molar-refractivity contribution in [2.45, 2.75) is 45.0 Å². The van der Waals surface area contributed by atoms with Gasteiger partial charge in [0.15, 0.2) is 0 Å². The highest BCUT2D eigenvalue weighted by Crippen LogP contribution is 2.07. The molecule has 5 heteroatoms. The lowest BCUT2D eigenvalue weighted by Crippen LogP contribution is -2.35. The molecule has 17 heavy (non-hydrogen) atoms. The van der Waals surface area contributed by atoms with Gasteiger partial charge in [0.05, 0.1) is 5.69 Å². The van der Waals surface area contributed by atoms with Crippen molar-refractivity contribution in [3.8, 4) is 0 Å². The molecule has 2 atom stereocenters. The number of aromatic nitrogens is 2. The van der Waals surface area contributed by atoms with Crippen LogP contribution >= 0.6 is 11.6 Å². The summed E-state index contributed by atoms with van der Waals surface area (Å²) in [5.74, 6) is -0.0930. The summed E-state index contributed by atoms with van der Waals surface area (Å²) in [6.07, 6.45) is 1.58. The number of nitrogens with zero attached hydrogens (tertiary/aromatic N) is 2. The Morgan fingerprint density at radius 3 is 2.71 bits per heavy atom. The van der Waals surface area contributed by atoms with E-state index in [1.165, 1.54) is 0 Å². The molecule has 1 heterocycles. The number of hydrogen-bond acceptors (Lipinski definition) is 2. The van der Waals surface area contributed by atoms with Gasteiger partial charge in [-0.3, -0.25) is 9.48 Å². The topological polar surface area (TPSA) is 46.9 Å². The van der Waals surface area contributed by atoms with Crippen molar-refractivity contribution < 1.29 is 4.79 Å². The molecule has 96 valence electrons. The molecule has 0 aliphatic carbocycles. The van der Waals surface area contributed by atoms with Gasteiger partial charge in [-0.15, -0.1) is 11.6 Å². The standard InChI is InChI=1S/C12H20ClN3O/c1-5-10-7-11(16(4)15-10)12(17)14-9(3)6-8(2)13/h7-9H,5-6H2,1-4H3,(H,14,17). The molecule has 1 N–H and O–H groups in total. The fourth-order valence-corrected chi connectivity index (χ4v) is 2.02. The predicted octanol–water partition coefficient (Wildman–Crippen LogP) is 2.12. The number of rotatable bonds is 5. The van der Waals surface area contributed by atoms with Crippen LogP contribution in [0.3, 0.4) is 0 Å². The van der Waals surface area contributed by atoms with E-state index in [1.54, 1.807) is 11.7 Å². The Labute approximate surface area is 107 Å². The van der Waals surface area contributed by atoms with E-state index >= 15 is 0 Å². The molecule has 1 aromatic heterocycles. The van der Waals surface area contributed by atoms with Crippen molar-refractivity contribution in [2.24, 2.45) is 7.05 Å². The summed E-state index contributed by atoms with van der Waals surface area (Å²) in [5.41, 5.74) is 1.52. The van der Waals surface area contributed by atoms with Gasteiger partial charge in [-0.1, -0.05) is 6.92 Å². The number of hydrogen-bond donors (Lipinski definition) is 1. The van der Waals surface area contributed by atoms with E-state index in [1.807, 2.05) is 26.8 Å². The summed E-state index contributed by atoms with van der Waals surface area (Å²) in [6.45, 7) is 5.89. The zero-order valence-electron chi connectivity index (χ0n) is 10.8. The van der Waals surface area contributed by atoms with E-state index < -0.39 is 0 Å². The number of nitrogens with one attached hydrogen (secondary N) is 1. The number of amides is 1. The van der Waals surface area contributed by atoms with Gasteiger partial charge in [0.2, 0.25) is 0 Å². The summed E-state index contributed by atoms with van der Waals surface area (Å²) in [6, 6.07) is 1.89. The van der Waals surface area contributed by atoms with Crippen molar-refractivity contribution in [1.82, 2.24) is 15.1 Å². The average Bonchev–Trinajstić information content (AvgIpc) is 2.58. The van der Waals surface area contributed by atoms with Gasteiger partial charge in [-0.2, -0.15) is 5.10 Å². The molecule has 0 bridgehead atoms. The monoisotopic (exact) mass is 257 g/mol. The maximum Gasteiger partial charge on any atom is 0.269 e. The number of alkyl halides is 1. The molecule has 0 saturated heterocycles. The van der Waals surface area contributed by atoms with Crippen molar-refractivity contribution in [2.75, 3.05) is 0 Å². The lowest BCUT2D eigenvalue weighted by molar-refractivity contribution is 0.0929. The quantitative estimate of drug-likeness (QED) is 0.822. The Balaban J connectivity index is 2.66. The first kappa shape index (κ1) is 14.0. The first-order chi connectivity index (χ1) is 7.93. The number of carbonyl (C=O) groups is 1. The van der Waals surface area contributed by atoms with Crippen molar-refractivity contribution in [1.29, 1.82) is 0 Å². The summed E-state index contributed by atoms with van der Waals surface area (Å²) >= 11 is 5.89. The SMILES string of the molecule is CCc1cc(C(=O)NC(C)CC(C)Cl)n(C)n1.